The molecule has 1 aliphatic rings. The first-order chi connectivity index (χ1) is 15.6. The van der Waals surface area contributed by atoms with E-state index in [1.54, 1.807) is 23.2 Å². The third-order valence-corrected chi connectivity index (χ3v) is 5.63. The Labute approximate surface area is 188 Å². The minimum Gasteiger partial charge on any atom is -0.477 e. The molecule has 0 aliphatic carbocycles. The number of amides is 2. The normalized spacial score (nSPS) is 15.9. The third-order valence-electron chi connectivity index (χ3n) is 5.63. The number of carbonyl (C=O) groups excluding carboxylic acids is 2. The Hall–Kier alpha value is -3.67. The molecule has 6 heteroatoms. The summed E-state index contributed by atoms with van der Waals surface area (Å²) in [4.78, 5) is 32.2. The van der Waals surface area contributed by atoms with Crippen LogP contribution in [-0.2, 0) is 11.2 Å². The number of nitrogens with zero attached hydrogens (tertiary/aromatic N) is 2. The molecule has 164 valence electrons. The van der Waals surface area contributed by atoms with Gasteiger partial charge in [-0.1, -0.05) is 54.1 Å². The lowest BCUT2D eigenvalue weighted by atomic mass is 9.93. The molecule has 2 aromatic carbocycles. The smallest absolute Gasteiger partial charge is 0.260 e. The van der Waals surface area contributed by atoms with Gasteiger partial charge >= 0.3 is 0 Å². The van der Waals surface area contributed by atoms with Crippen molar-refractivity contribution in [2.75, 3.05) is 19.7 Å². The number of aryl methyl sites for hydroxylation is 1. The number of hydrogen-bond donors (Lipinski definition) is 1. The second-order valence-electron chi connectivity index (χ2n) is 7.83. The van der Waals surface area contributed by atoms with Gasteiger partial charge < -0.3 is 15.0 Å². The maximum absolute atomic E-state index is 13.5. The van der Waals surface area contributed by atoms with Gasteiger partial charge in [0, 0.05) is 25.7 Å². The maximum Gasteiger partial charge on any atom is 0.260 e. The van der Waals surface area contributed by atoms with Gasteiger partial charge in [0.25, 0.3) is 5.91 Å². The van der Waals surface area contributed by atoms with Crippen LogP contribution in [0.15, 0.2) is 66.9 Å². The molecule has 32 heavy (non-hydrogen) atoms. The Morgan fingerprint density at radius 3 is 2.81 bits per heavy atom. The van der Waals surface area contributed by atoms with Crippen molar-refractivity contribution in [3.8, 4) is 17.0 Å². The molecule has 0 radical (unpaired) electrons. The lowest BCUT2D eigenvalue weighted by molar-refractivity contribution is -0.127. The topological polar surface area (TPSA) is 71.5 Å². The number of nitrogens with one attached hydrogen (secondary N) is 1. The molecule has 1 fully saturated rings. The quantitative estimate of drug-likeness (QED) is 0.649. The fraction of sp³-hybridized carbons (Fsp3) is 0.269. The zero-order valence-electron chi connectivity index (χ0n) is 18.4. The van der Waals surface area contributed by atoms with Gasteiger partial charge in [0.05, 0.1) is 6.61 Å². The second kappa shape index (κ2) is 9.64. The summed E-state index contributed by atoms with van der Waals surface area (Å²) in [5.74, 6) is -0.0928. The molecule has 1 aromatic heterocycles. The minimum absolute atomic E-state index is 0.148. The summed E-state index contributed by atoms with van der Waals surface area (Å²) in [5, 5.41) is 2.92. The molecule has 4 rings (SSSR count). The first-order valence-corrected chi connectivity index (χ1v) is 10.9. The van der Waals surface area contributed by atoms with Crippen LogP contribution in [0, 0.1) is 6.92 Å². The summed E-state index contributed by atoms with van der Waals surface area (Å²) in [5.41, 5.74) is 4.73. The number of rotatable bonds is 6. The van der Waals surface area contributed by atoms with Gasteiger partial charge in [-0.3, -0.25) is 9.59 Å². The SMILES string of the molecule is CCOc1ncccc1C(=O)N1CCNC(=O)[C@H]1Cc1ccccc1-c1cccc(C)c1. The van der Waals surface area contributed by atoms with Crippen molar-refractivity contribution in [3.63, 3.8) is 0 Å². The van der Waals surface area contributed by atoms with Gasteiger partial charge in [-0.2, -0.15) is 0 Å². The van der Waals surface area contributed by atoms with E-state index in [1.165, 1.54) is 5.56 Å². The van der Waals surface area contributed by atoms with E-state index in [9.17, 15) is 9.59 Å². The Balaban J connectivity index is 1.67. The van der Waals surface area contributed by atoms with Gasteiger partial charge in [-0.25, -0.2) is 4.98 Å². The molecule has 0 spiro atoms. The summed E-state index contributed by atoms with van der Waals surface area (Å²) < 4.78 is 5.56. The third kappa shape index (κ3) is 4.49. The predicted octanol–water partition coefficient (Wildman–Crippen LogP) is 3.64. The molecular formula is C26H27N3O3. The molecule has 3 aromatic rings. The highest BCUT2D eigenvalue weighted by molar-refractivity contribution is 6.00. The van der Waals surface area contributed by atoms with Crippen molar-refractivity contribution in [1.29, 1.82) is 0 Å². The number of ether oxygens (including phenoxy) is 1. The summed E-state index contributed by atoms with van der Waals surface area (Å²) >= 11 is 0. The molecule has 0 saturated carbocycles. The molecular weight excluding hydrogens is 402 g/mol. The van der Waals surface area contributed by atoms with Crippen LogP contribution in [0.2, 0.25) is 0 Å². The number of hydrogen-bond acceptors (Lipinski definition) is 4. The first kappa shape index (κ1) is 21.6. The van der Waals surface area contributed by atoms with Crippen LogP contribution >= 0.6 is 0 Å². The van der Waals surface area contributed by atoms with E-state index in [0.29, 0.717) is 37.6 Å². The van der Waals surface area contributed by atoms with E-state index in [1.807, 2.05) is 31.2 Å². The van der Waals surface area contributed by atoms with Crippen molar-refractivity contribution in [3.05, 3.63) is 83.6 Å². The number of aromatic nitrogens is 1. The maximum atomic E-state index is 13.5. The highest BCUT2D eigenvalue weighted by Gasteiger charge is 2.35. The van der Waals surface area contributed by atoms with Crippen molar-refractivity contribution in [2.24, 2.45) is 0 Å². The first-order valence-electron chi connectivity index (χ1n) is 10.9. The highest BCUT2D eigenvalue weighted by atomic mass is 16.5. The van der Waals surface area contributed by atoms with E-state index in [4.69, 9.17) is 4.74 Å². The molecule has 6 nitrogen and oxygen atoms in total. The van der Waals surface area contributed by atoms with Crippen molar-refractivity contribution in [2.45, 2.75) is 26.3 Å². The summed E-state index contributed by atoms with van der Waals surface area (Å²) in [6.07, 6.45) is 2.02. The van der Waals surface area contributed by atoms with E-state index in [0.717, 1.165) is 16.7 Å². The number of piperazine rings is 1. The molecule has 1 saturated heterocycles. The molecule has 1 aliphatic heterocycles. The summed E-state index contributed by atoms with van der Waals surface area (Å²) in [6.45, 7) is 5.17. The predicted molar refractivity (Wildman–Crippen MR) is 124 cm³/mol. The van der Waals surface area contributed by atoms with Gasteiger partial charge in [0.2, 0.25) is 11.8 Å². The van der Waals surface area contributed by atoms with Gasteiger partial charge in [-0.15, -0.1) is 0 Å². The average molecular weight is 430 g/mol. The zero-order valence-corrected chi connectivity index (χ0v) is 18.4. The van der Waals surface area contributed by atoms with Crippen molar-refractivity contribution in [1.82, 2.24) is 15.2 Å². The lowest BCUT2D eigenvalue weighted by Crippen LogP contribution is -2.58. The molecule has 1 atom stereocenters. The standard InChI is InChI=1S/C26H27N3O3/c1-3-32-25-22(12-7-13-28-25)26(31)29-15-14-27-24(30)23(29)17-20-9-4-5-11-21(20)19-10-6-8-18(2)16-19/h4-13,16,23H,3,14-15,17H2,1-2H3,(H,27,30)/t23-/m1/s1. The molecule has 2 heterocycles. The number of pyridine rings is 1. The van der Waals surface area contributed by atoms with Crippen LogP contribution in [0.3, 0.4) is 0 Å². The molecule has 0 bridgehead atoms. The number of benzene rings is 2. The van der Waals surface area contributed by atoms with Crippen molar-refractivity contribution < 1.29 is 14.3 Å². The Bertz CT molecular complexity index is 1130. The lowest BCUT2D eigenvalue weighted by Gasteiger charge is -2.35. The van der Waals surface area contributed by atoms with E-state index < -0.39 is 6.04 Å². The summed E-state index contributed by atoms with van der Waals surface area (Å²) in [7, 11) is 0. The van der Waals surface area contributed by atoms with Gasteiger partial charge in [-0.05, 0) is 42.7 Å². The van der Waals surface area contributed by atoms with E-state index >= 15 is 0 Å². The van der Waals surface area contributed by atoms with Gasteiger partial charge in [0.15, 0.2) is 0 Å². The Morgan fingerprint density at radius 1 is 1.16 bits per heavy atom. The second-order valence-corrected chi connectivity index (χ2v) is 7.83. The largest absolute Gasteiger partial charge is 0.477 e. The Morgan fingerprint density at radius 2 is 2.00 bits per heavy atom. The van der Waals surface area contributed by atoms with Gasteiger partial charge in [0.1, 0.15) is 11.6 Å². The van der Waals surface area contributed by atoms with Crippen LogP contribution < -0.4 is 10.1 Å². The zero-order chi connectivity index (χ0) is 22.5. The Kier molecular flexibility index (Phi) is 6.50. The average Bonchev–Trinajstić information content (AvgIpc) is 2.81. The fourth-order valence-electron chi connectivity index (χ4n) is 4.12. The molecule has 0 unspecified atom stereocenters. The summed E-state index contributed by atoms with van der Waals surface area (Å²) in [6, 6.07) is 19.1. The van der Waals surface area contributed by atoms with E-state index in [2.05, 4.69) is 41.5 Å². The molecule has 2 amide bonds. The van der Waals surface area contributed by atoms with Crippen LogP contribution in [0.5, 0.6) is 5.88 Å². The van der Waals surface area contributed by atoms with E-state index in [-0.39, 0.29) is 11.8 Å². The van der Waals surface area contributed by atoms with Crippen LogP contribution in [-0.4, -0.2) is 47.4 Å². The monoisotopic (exact) mass is 429 g/mol. The fourth-order valence-corrected chi connectivity index (χ4v) is 4.12. The minimum atomic E-state index is -0.614. The number of carbonyl (C=O) groups is 2. The molecule has 1 N–H and O–H groups in total. The van der Waals surface area contributed by atoms with Crippen LogP contribution in [0.1, 0.15) is 28.4 Å². The van der Waals surface area contributed by atoms with Crippen LogP contribution in [0.25, 0.3) is 11.1 Å². The highest BCUT2D eigenvalue weighted by Crippen LogP contribution is 2.28. The van der Waals surface area contributed by atoms with Crippen LogP contribution in [0.4, 0.5) is 0 Å². The van der Waals surface area contributed by atoms with Crippen molar-refractivity contribution >= 4 is 11.8 Å².